The lowest BCUT2D eigenvalue weighted by Gasteiger charge is -2.31. The molecule has 0 aliphatic carbocycles. The zero-order chi connectivity index (χ0) is 17.0. The first kappa shape index (κ1) is 18.6. The van der Waals surface area contributed by atoms with Gasteiger partial charge in [0, 0.05) is 13.1 Å². The molecule has 0 N–H and O–H groups in total. The van der Waals surface area contributed by atoms with Gasteiger partial charge in [-0.15, -0.1) is 0 Å². The van der Waals surface area contributed by atoms with Gasteiger partial charge in [-0.05, 0) is 50.2 Å². The third-order valence-electron chi connectivity index (χ3n) is 4.61. The molecular formula is C20H31NO3. The van der Waals surface area contributed by atoms with E-state index in [0.717, 1.165) is 63.5 Å². The molecule has 2 rings (SSSR count). The van der Waals surface area contributed by atoms with E-state index in [2.05, 4.69) is 6.92 Å². The maximum Gasteiger partial charge on any atom is 0.409 e. The molecule has 1 aliphatic heterocycles. The maximum absolute atomic E-state index is 11.9. The molecule has 1 fully saturated rings. The number of amides is 1. The average Bonchev–Trinajstić information content (AvgIpc) is 2.63. The van der Waals surface area contributed by atoms with Crippen molar-refractivity contribution in [1.82, 2.24) is 4.90 Å². The van der Waals surface area contributed by atoms with Crippen LogP contribution in [0.2, 0.25) is 0 Å². The Balaban J connectivity index is 1.51. The summed E-state index contributed by atoms with van der Waals surface area (Å²) in [5, 5.41) is 0. The number of carbonyl (C=O) groups is 1. The summed E-state index contributed by atoms with van der Waals surface area (Å²) in [5.41, 5.74) is 0. The first-order valence-electron chi connectivity index (χ1n) is 9.39. The van der Waals surface area contributed by atoms with E-state index in [0.29, 0.717) is 6.61 Å². The van der Waals surface area contributed by atoms with Crippen molar-refractivity contribution in [3.8, 4) is 5.75 Å². The second kappa shape index (κ2) is 11.0. The Hall–Kier alpha value is -1.71. The molecule has 134 valence electrons. The molecular weight excluding hydrogens is 302 g/mol. The lowest BCUT2D eigenvalue weighted by Crippen LogP contribution is -2.38. The number of likely N-dealkylation sites (tertiary alicyclic amines) is 1. The normalized spacial score (nSPS) is 15.3. The molecule has 1 heterocycles. The molecule has 1 aromatic rings. The largest absolute Gasteiger partial charge is 0.494 e. The molecule has 1 aliphatic rings. The first-order valence-corrected chi connectivity index (χ1v) is 9.39. The molecule has 24 heavy (non-hydrogen) atoms. The molecule has 0 atom stereocenters. The number of unbranched alkanes of at least 4 members (excludes halogenated alkanes) is 2. The highest BCUT2D eigenvalue weighted by Gasteiger charge is 2.23. The fourth-order valence-corrected chi connectivity index (χ4v) is 3.04. The molecule has 1 aromatic carbocycles. The van der Waals surface area contributed by atoms with Crippen LogP contribution in [0.25, 0.3) is 0 Å². The Labute approximate surface area is 146 Å². The number of piperidine rings is 1. The first-order chi connectivity index (χ1) is 11.8. The summed E-state index contributed by atoms with van der Waals surface area (Å²) >= 11 is 0. The van der Waals surface area contributed by atoms with E-state index < -0.39 is 0 Å². The van der Waals surface area contributed by atoms with Gasteiger partial charge in [0.05, 0.1) is 13.2 Å². The Kier molecular flexibility index (Phi) is 8.50. The van der Waals surface area contributed by atoms with Gasteiger partial charge < -0.3 is 14.4 Å². The molecule has 0 radical (unpaired) electrons. The fraction of sp³-hybridized carbons (Fsp3) is 0.650. The molecule has 0 saturated carbocycles. The Morgan fingerprint density at radius 1 is 1.08 bits per heavy atom. The molecule has 0 spiro atoms. The van der Waals surface area contributed by atoms with E-state index >= 15 is 0 Å². The summed E-state index contributed by atoms with van der Waals surface area (Å²) in [6.45, 7) is 5.12. The van der Waals surface area contributed by atoms with Gasteiger partial charge in [0.1, 0.15) is 5.75 Å². The number of rotatable bonds is 9. The van der Waals surface area contributed by atoms with Crippen LogP contribution >= 0.6 is 0 Å². The van der Waals surface area contributed by atoms with Crippen molar-refractivity contribution >= 4 is 6.09 Å². The van der Waals surface area contributed by atoms with Crippen LogP contribution in [0.3, 0.4) is 0 Å². The van der Waals surface area contributed by atoms with Crippen molar-refractivity contribution in [3.05, 3.63) is 30.3 Å². The summed E-state index contributed by atoms with van der Waals surface area (Å²) in [6, 6.07) is 9.98. The molecule has 0 aromatic heterocycles. The average molecular weight is 333 g/mol. The van der Waals surface area contributed by atoms with Crippen LogP contribution in [0.4, 0.5) is 4.79 Å². The van der Waals surface area contributed by atoms with E-state index in [1.165, 1.54) is 12.8 Å². The van der Waals surface area contributed by atoms with Crippen LogP contribution in [-0.2, 0) is 4.74 Å². The Bertz CT molecular complexity index is 455. The summed E-state index contributed by atoms with van der Waals surface area (Å²) in [4.78, 5) is 13.8. The van der Waals surface area contributed by atoms with Crippen LogP contribution in [0.5, 0.6) is 5.75 Å². The number of nitrogens with zero attached hydrogens (tertiary/aromatic N) is 1. The maximum atomic E-state index is 11.9. The third-order valence-corrected chi connectivity index (χ3v) is 4.61. The minimum atomic E-state index is -0.127. The predicted octanol–water partition coefficient (Wildman–Crippen LogP) is 4.88. The van der Waals surface area contributed by atoms with Crippen LogP contribution in [-0.4, -0.2) is 37.3 Å². The highest BCUT2D eigenvalue weighted by atomic mass is 16.6. The summed E-state index contributed by atoms with van der Waals surface area (Å²) in [6.07, 6.45) is 7.60. The Morgan fingerprint density at radius 2 is 1.83 bits per heavy atom. The molecule has 1 amide bonds. The minimum absolute atomic E-state index is 0.127. The molecule has 4 heteroatoms. The van der Waals surface area contributed by atoms with Crippen molar-refractivity contribution in [3.63, 3.8) is 0 Å². The van der Waals surface area contributed by atoms with Crippen LogP contribution < -0.4 is 4.74 Å². The highest BCUT2D eigenvalue weighted by molar-refractivity contribution is 5.67. The SMILES string of the molecule is CCCCOC(=O)N1CCC(CCCCOc2ccccc2)CC1. The van der Waals surface area contributed by atoms with Gasteiger partial charge in [-0.25, -0.2) is 4.79 Å². The van der Waals surface area contributed by atoms with Gasteiger partial charge in [0.25, 0.3) is 0 Å². The van der Waals surface area contributed by atoms with E-state index in [1.807, 2.05) is 35.2 Å². The molecule has 0 unspecified atom stereocenters. The second-order valence-electron chi connectivity index (χ2n) is 6.56. The topological polar surface area (TPSA) is 38.8 Å². The van der Waals surface area contributed by atoms with Crippen molar-refractivity contribution in [2.45, 2.75) is 51.9 Å². The second-order valence-corrected chi connectivity index (χ2v) is 6.56. The molecule has 0 bridgehead atoms. The van der Waals surface area contributed by atoms with Crippen molar-refractivity contribution in [2.75, 3.05) is 26.3 Å². The number of benzene rings is 1. The van der Waals surface area contributed by atoms with E-state index in [9.17, 15) is 4.79 Å². The van der Waals surface area contributed by atoms with Gasteiger partial charge in [-0.1, -0.05) is 38.0 Å². The number of hydrogen-bond acceptors (Lipinski definition) is 3. The zero-order valence-corrected chi connectivity index (χ0v) is 14.9. The lowest BCUT2D eigenvalue weighted by molar-refractivity contribution is 0.0855. The van der Waals surface area contributed by atoms with Gasteiger partial charge in [0.2, 0.25) is 0 Å². The molecule has 4 nitrogen and oxygen atoms in total. The minimum Gasteiger partial charge on any atom is -0.494 e. The standard InChI is InChI=1S/C20H31NO3/c1-2-3-16-24-20(22)21-14-12-18(13-15-21)9-7-8-17-23-19-10-5-4-6-11-19/h4-6,10-11,18H,2-3,7-9,12-17H2,1H3. The predicted molar refractivity (Wildman–Crippen MR) is 96.3 cm³/mol. The van der Waals surface area contributed by atoms with Gasteiger partial charge in [0.15, 0.2) is 0 Å². The Morgan fingerprint density at radius 3 is 2.54 bits per heavy atom. The van der Waals surface area contributed by atoms with Crippen LogP contribution in [0.15, 0.2) is 30.3 Å². The van der Waals surface area contributed by atoms with Gasteiger partial charge >= 0.3 is 6.09 Å². The van der Waals surface area contributed by atoms with Crippen molar-refractivity contribution in [1.29, 1.82) is 0 Å². The fourth-order valence-electron chi connectivity index (χ4n) is 3.04. The smallest absolute Gasteiger partial charge is 0.409 e. The van der Waals surface area contributed by atoms with Crippen LogP contribution in [0, 0.1) is 5.92 Å². The monoisotopic (exact) mass is 333 g/mol. The highest BCUT2D eigenvalue weighted by Crippen LogP contribution is 2.23. The number of para-hydroxylation sites is 1. The van der Waals surface area contributed by atoms with E-state index in [4.69, 9.17) is 9.47 Å². The van der Waals surface area contributed by atoms with Crippen molar-refractivity contribution in [2.24, 2.45) is 5.92 Å². The number of hydrogen-bond donors (Lipinski definition) is 0. The lowest BCUT2D eigenvalue weighted by atomic mass is 9.92. The molecule has 1 saturated heterocycles. The summed E-state index contributed by atoms with van der Waals surface area (Å²) < 4.78 is 11.0. The quantitative estimate of drug-likeness (QED) is 0.604. The van der Waals surface area contributed by atoms with Crippen molar-refractivity contribution < 1.29 is 14.3 Å². The zero-order valence-electron chi connectivity index (χ0n) is 14.9. The van der Waals surface area contributed by atoms with E-state index in [-0.39, 0.29) is 6.09 Å². The number of carbonyl (C=O) groups excluding carboxylic acids is 1. The third kappa shape index (κ3) is 6.81. The number of ether oxygens (including phenoxy) is 2. The summed E-state index contributed by atoms with van der Waals surface area (Å²) in [7, 11) is 0. The van der Waals surface area contributed by atoms with Crippen LogP contribution in [0.1, 0.15) is 51.9 Å². The van der Waals surface area contributed by atoms with Gasteiger partial charge in [-0.2, -0.15) is 0 Å². The van der Waals surface area contributed by atoms with Gasteiger partial charge in [-0.3, -0.25) is 0 Å². The summed E-state index contributed by atoms with van der Waals surface area (Å²) in [5.74, 6) is 1.69. The van der Waals surface area contributed by atoms with E-state index in [1.54, 1.807) is 0 Å².